The van der Waals surface area contributed by atoms with E-state index >= 15 is 0 Å². The lowest BCUT2D eigenvalue weighted by atomic mass is 9.80. The predicted octanol–water partition coefficient (Wildman–Crippen LogP) is 4.71. The second-order valence-corrected chi connectivity index (χ2v) is 8.21. The molecule has 2 nitrogen and oxygen atoms in total. The number of aliphatic hydroxyl groups excluding tert-OH is 1. The monoisotopic (exact) mass is 297 g/mol. The summed E-state index contributed by atoms with van der Waals surface area (Å²) in [6, 6.07) is 0. The van der Waals surface area contributed by atoms with Crippen LogP contribution in [0.25, 0.3) is 0 Å². The minimum Gasteiger partial charge on any atom is -0.396 e. The van der Waals surface area contributed by atoms with Gasteiger partial charge in [-0.1, -0.05) is 53.4 Å². The summed E-state index contributed by atoms with van der Waals surface area (Å²) in [7, 11) is 0. The molecule has 0 atom stereocenters. The second kappa shape index (κ2) is 9.84. The molecule has 0 aromatic carbocycles. The fourth-order valence-electron chi connectivity index (χ4n) is 3.47. The third-order valence-electron chi connectivity index (χ3n) is 5.10. The Bertz CT molecular complexity index is 242. The first-order valence-corrected chi connectivity index (χ1v) is 9.31. The van der Waals surface area contributed by atoms with Crippen molar-refractivity contribution in [1.82, 2.24) is 4.90 Å². The van der Waals surface area contributed by atoms with Gasteiger partial charge in [-0.15, -0.1) is 0 Å². The van der Waals surface area contributed by atoms with E-state index in [9.17, 15) is 5.11 Å². The van der Waals surface area contributed by atoms with Crippen molar-refractivity contribution in [2.24, 2.45) is 17.3 Å². The Hall–Kier alpha value is -0.0800. The third kappa shape index (κ3) is 7.65. The first-order valence-electron chi connectivity index (χ1n) is 9.31. The average molecular weight is 298 g/mol. The third-order valence-corrected chi connectivity index (χ3v) is 5.10. The zero-order valence-corrected chi connectivity index (χ0v) is 15.0. The van der Waals surface area contributed by atoms with Gasteiger partial charge in [-0.25, -0.2) is 0 Å². The maximum atomic E-state index is 10.0. The van der Waals surface area contributed by atoms with E-state index in [1.807, 2.05) is 0 Å². The van der Waals surface area contributed by atoms with Gasteiger partial charge in [-0.2, -0.15) is 0 Å². The van der Waals surface area contributed by atoms with E-state index in [1.54, 1.807) is 0 Å². The highest BCUT2D eigenvalue weighted by Crippen LogP contribution is 2.35. The molecule has 126 valence electrons. The number of rotatable bonds is 9. The van der Waals surface area contributed by atoms with Crippen LogP contribution in [-0.2, 0) is 0 Å². The number of hydrogen-bond acceptors (Lipinski definition) is 2. The summed E-state index contributed by atoms with van der Waals surface area (Å²) in [5, 5.41) is 10.0. The molecule has 0 radical (unpaired) electrons. The van der Waals surface area contributed by atoms with Gasteiger partial charge >= 0.3 is 0 Å². The van der Waals surface area contributed by atoms with Crippen LogP contribution in [0.4, 0.5) is 0 Å². The van der Waals surface area contributed by atoms with E-state index < -0.39 is 0 Å². The summed E-state index contributed by atoms with van der Waals surface area (Å²) in [6.45, 7) is 13.2. The Morgan fingerprint density at radius 3 is 1.71 bits per heavy atom. The van der Waals surface area contributed by atoms with Gasteiger partial charge < -0.3 is 10.0 Å². The molecule has 1 rings (SSSR count). The molecule has 0 unspecified atom stereocenters. The first kappa shape index (κ1) is 19.0. The summed E-state index contributed by atoms with van der Waals surface area (Å²) in [5.41, 5.74) is 0.185. The first-order chi connectivity index (χ1) is 9.97. The molecule has 1 aliphatic rings. The zero-order chi connectivity index (χ0) is 15.7. The van der Waals surface area contributed by atoms with E-state index in [4.69, 9.17) is 0 Å². The molecule has 0 spiro atoms. The smallest absolute Gasteiger partial charge is 0.0499 e. The molecule has 21 heavy (non-hydrogen) atoms. The van der Waals surface area contributed by atoms with Crippen molar-refractivity contribution in [2.45, 2.75) is 79.1 Å². The van der Waals surface area contributed by atoms with Crippen molar-refractivity contribution in [3.05, 3.63) is 0 Å². The van der Waals surface area contributed by atoms with Crippen molar-refractivity contribution < 1.29 is 5.11 Å². The lowest BCUT2D eigenvalue weighted by Gasteiger charge is -2.37. The van der Waals surface area contributed by atoms with Crippen LogP contribution in [0.5, 0.6) is 0 Å². The molecular weight excluding hydrogens is 258 g/mol. The number of hydrogen-bond donors (Lipinski definition) is 1. The number of aliphatic hydroxyl groups is 1. The lowest BCUT2D eigenvalue weighted by Crippen LogP contribution is -2.41. The highest BCUT2D eigenvalue weighted by atomic mass is 16.3. The Kier molecular flexibility index (Phi) is 8.89. The normalized spacial score (nSPS) is 19.4. The standard InChI is InChI=1S/C19H39NO/c1-17(2)9-13-20(14-10-18(3)4)15-19(16-21)11-7-5-6-8-12-19/h17-18,21H,5-16H2,1-4H3. The summed E-state index contributed by atoms with van der Waals surface area (Å²) >= 11 is 0. The maximum absolute atomic E-state index is 10.0. The van der Waals surface area contributed by atoms with Crippen LogP contribution in [0.2, 0.25) is 0 Å². The average Bonchev–Trinajstić information content (AvgIpc) is 2.67. The lowest BCUT2D eigenvalue weighted by molar-refractivity contribution is 0.0557. The van der Waals surface area contributed by atoms with Gasteiger partial charge in [0.15, 0.2) is 0 Å². The van der Waals surface area contributed by atoms with Crippen LogP contribution in [0.15, 0.2) is 0 Å². The van der Waals surface area contributed by atoms with Gasteiger partial charge in [0.2, 0.25) is 0 Å². The second-order valence-electron chi connectivity index (χ2n) is 8.21. The Morgan fingerprint density at radius 2 is 1.33 bits per heavy atom. The molecule has 0 aromatic rings. The van der Waals surface area contributed by atoms with Crippen LogP contribution in [0.1, 0.15) is 79.1 Å². The maximum Gasteiger partial charge on any atom is 0.0499 e. The van der Waals surface area contributed by atoms with Gasteiger partial charge in [0.1, 0.15) is 0 Å². The van der Waals surface area contributed by atoms with Gasteiger partial charge in [0.05, 0.1) is 0 Å². The molecule has 1 aliphatic carbocycles. The topological polar surface area (TPSA) is 23.5 Å². The molecule has 0 heterocycles. The van der Waals surface area contributed by atoms with Gasteiger partial charge in [-0.3, -0.25) is 0 Å². The van der Waals surface area contributed by atoms with Gasteiger partial charge in [-0.05, 0) is 50.6 Å². The Labute approximate surface area is 133 Å². The predicted molar refractivity (Wildman–Crippen MR) is 92.6 cm³/mol. The van der Waals surface area contributed by atoms with E-state index in [0.29, 0.717) is 6.61 Å². The van der Waals surface area contributed by atoms with Crippen LogP contribution in [-0.4, -0.2) is 36.2 Å². The fourth-order valence-corrected chi connectivity index (χ4v) is 3.47. The van der Waals surface area contributed by atoms with Gasteiger partial charge in [0.25, 0.3) is 0 Å². The molecular formula is C19H39NO. The van der Waals surface area contributed by atoms with E-state index in [-0.39, 0.29) is 5.41 Å². The molecule has 0 aromatic heterocycles. The van der Waals surface area contributed by atoms with Crippen molar-refractivity contribution in [2.75, 3.05) is 26.2 Å². The Morgan fingerprint density at radius 1 is 0.857 bits per heavy atom. The van der Waals surface area contributed by atoms with E-state index in [0.717, 1.165) is 18.4 Å². The summed E-state index contributed by atoms with van der Waals surface area (Å²) in [5.74, 6) is 1.54. The quantitative estimate of drug-likeness (QED) is 0.623. The minimum atomic E-state index is 0.185. The number of nitrogens with zero attached hydrogens (tertiary/aromatic N) is 1. The van der Waals surface area contributed by atoms with Crippen LogP contribution < -0.4 is 0 Å². The molecule has 1 N–H and O–H groups in total. The molecule has 2 heteroatoms. The van der Waals surface area contributed by atoms with Crippen LogP contribution in [0, 0.1) is 17.3 Å². The van der Waals surface area contributed by atoms with Crippen molar-refractivity contribution >= 4 is 0 Å². The highest BCUT2D eigenvalue weighted by Gasteiger charge is 2.32. The van der Waals surface area contributed by atoms with Crippen molar-refractivity contribution in [3.8, 4) is 0 Å². The SMILES string of the molecule is CC(C)CCN(CCC(C)C)CC1(CO)CCCCCC1. The molecule has 0 saturated heterocycles. The van der Waals surface area contributed by atoms with Crippen molar-refractivity contribution in [3.63, 3.8) is 0 Å². The fraction of sp³-hybridized carbons (Fsp3) is 1.00. The minimum absolute atomic E-state index is 0.185. The van der Waals surface area contributed by atoms with Crippen LogP contribution in [0.3, 0.4) is 0 Å². The van der Waals surface area contributed by atoms with E-state index in [2.05, 4.69) is 32.6 Å². The summed E-state index contributed by atoms with van der Waals surface area (Å²) < 4.78 is 0. The summed E-state index contributed by atoms with van der Waals surface area (Å²) in [4.78, 5) is 2.65. The molecule has 1 saturated carbocycles. The summed E-state index contributed by atoms with van der Waals surface area (Å²) in [6.07, 6.45) is 10.3. The molecule has 0 aliphatic heterocycles. The Balaban J connectivity index is 2.61. The highest BCUT2D eigenvalue weighted by molar-refractivity contribution is 4.84. The van der Waals surface area contributed by atoms with Gasteiger partial charge in [0, 0.05) is 18.6 Å². The van der Waals surface area contributed by atoms with E-state index in [1.165, 1.54) is 64.5 Å². The largest absolute Gasteiger partial charge is 0.396 e. The molecule has 1 fully saturated rings. The van der Waals surface area contributed by atoms with Crippen LogP contribution >= 0.6 is 0 Å². The molecule has 0 bridgehead atoms. The molecule has 0 amide bonds. The van der Waals surface area contributed by atoms with Crippen molar-refractivity contribution in [1.29, 1.82) is 0 Å². The zero-order valence-electron chi connectivity index (χ0n) is 15.0.